The van der Waals surface area contributed by atoms with E-state index >= 15 is 0 Å². The fourth-order valence-electron chi connectivity index (χ4n) is 4.97. The van der Waals surface area contributed by atoms with Gasteiger partial charge in [-0.2, -0.15) is 0 Å². The summed E-state index contributed by atoms with van der Waals surface area (Å²) in [5.41, 5.74) is 3.60. The molecular formula is C29H31N3O3S. The van der Waals surface area contributed by atoms with Crippen molar-refractivity contribution in [3.8, 4) is 0 Å². The molecule has 0 radical (unpaired) electrons. The number of para-hydroxylation sites is 1. The Morgan fingerprint density at radius 3 is 2.36 bits per heavy atom. The minimum absolute atomic E-state index is 0.0255. The van der Waals surface area contributed by atoms with Crippen molar-refractivity contribution >= 4 is 34.2 Å². The number of benzene rings is 2. The van der Waals surface area contributed by atoms with Crippen LogP contribution >= 0.6 is 11.3 Å². The Morgan fingerprint density at radius 2 is 1.64 bits per heavy atom. The number of hydrogen-bond acceptors (Lipinski definition) is 4. The maximum atomic E-state index is 13.5. The highest BCUT2D eigenvalue weighted by atomic mass is 32.1. The van der Waals surface area contributed by atoms with Gasteiger partial charge in [0.05, 0.1) is 6.61 Å². The molecule has 1 unspecified atom stereocenters. The average Bonchev–Trinajstić information content (AvgIpc) is 3.57. The molecule has 1 atom stereocenters. The lowest BCUT2D eigenvalue weighted by atomic mass is 9.93. The van der Waals surface area contributed by atoms with Gasteiger partial charge in [0.25, 0.3) is 0 Å². The Kier molecular flexibility index (Phi) is 7.37. The summed E-state index contributed by atoms with van der Waals surface area (Å²) in [6.07, 6.45) is 2.33. The number of ether oxygens (including phenoxy) is 1. The Morgan fingerprint density at radius 1 is 0.917 bits per heavy atom. The van der Waals surface area contributed by atoms with Gasteiger partial charge in [-0.3, -0.25) is 4.79 Å². The van der Waals surface area contributed by atoms with E-state index in [4.69, 9.17) is 4.74 Å². The van der Waals surface area contributed by atoms with Crippen LogP contribution < -0.4 is 0 Å². The van der Waals surface area contributed by atoms with Gasteiger partial charge in [-0.1, -0.05) is 54.6 Å². The predicted octanol–water partition coefficient (Wildman–Crippen LogP) is 5.57. The summed E-state index contributed by atoms with van der Waals surface area (Å²) in [6.45, 7) is 5.02. The Labute approximate surface area is 215 Å². The van der Waals surface area contributed by atoms with E-state index in [-0.39, 0.29) is 17.9 Å². The van der Waals surface area contributed by atoms with Gasteiger partial charge >= 0.3 is 6.09 Å². The first-order valence-corrected chi connectivity index (χ1v) is 13.4. The zero-order chi connectivity index (χ0) is 24.9. The van der Waals surface area contributed by atoms with Crippen LogP contribution in [0, 0.1) is 0 Å². The number of piperazine rings is 1. The van der Waals surface area contributed by atoms with E-state index in [1.165, 1.54) is 26.9 Å². The second-order valence-electron chi connectivity index (χ2n) is 9.05. The van der Waals surface area contributed by atoms with Crippen LogP contribution in [0.3, 0.4) is 0 Å². The predicted molar refractivity (Wildman–Crippen MR) is 143 cm³/mol. The van der Waals surface area contributed by atoms with Gasteiger partial charge < -0.3 is 19.1 Å². The zero-order valence-electron chi connectivity index (χ0n) is 20.5. The van der Waals surface area contributed by atoms with Crippen LogP contribution in [-0.4, -0.2) is 59.2 Å². The largest absolute Gasteiger partial charge is 0.450 e. The topological polar surface area (TPSA) is 54.8 Å². The number of carbonyl (C=O) groups is 2. The molecule has 4 aromatic rings. The molecule has 0 spiro atoms. The van der Waals surface area contributed by atoms with Crippen LogP contribution in [0.5, 0.6) is 0 Å². The molecule has 1 aliphatic heterocycles. The smallest absolute Gasteiger partial charge is 0.409 e. The first kappa shape index (κ1) is 24.1. The van der Waals surface area contributed by atoms with E-state index in [0.29, 0.717) is 39.2 Å². The highest BCUT2D eigenvalue weighted by molar-refractivity contribution is 7.10. The molecule has 0 aliphatic carbocycles. The number of hydrogen-bond donors (Lipinski definition) is 0. The third kappa shape index (κ3) is 5.16. The molecule has 5 rings (SSSR count). The minimum atomic E-state index is -0.299. The number of amides is 2. The number of aromatic nitrogens is 1. The van der Waals surface area contributed by atoms with Gasteiger partial charge in [0.2, 0.25) is 5.91 Å². The summed E-state index contributed by atoms with van der Waals surface area (Å²) < 4.78 is 7.41. The normalized spacial score (nSPS) is 14.7. The van der Waals surface area contributed by atoms with Crippen molar-refractivity contribution < 1.29 is 14.3 Å². The van der Waals surface area contributed by atoms with E-state index in [1.54, 1.807) is 23.2 Å². The third-order valence-corrected chi connectivity index (χ3v) is 7.80. The quantitative estimate of drug-likeness (QED) is 0.333. The van der Waals surface area contributed by atoms with Crippen LogP contribution in [0.2, 0.25) is 0 Å². The van der Waals surface area contributed by atoms with Crippen molar-refractivity contribution in [2.75, 3.05) is 32.8 Å². The molecule has 0 saturated carbocycles. The number of nitrogens with zero attached hydrogens (tertiary/aromatic N) is 3. The molecule has 2 amide bonds. The van der Waals surface area contributed by atoms with Crippen LogP contribution in [-0.2, 0) is 16.1 Å². The molecule has 2 aromatic carbocycles. The van der Waals surface area contributed by atoms with E-state index in [1.807, 2.05) is 11.0 Å². The summed E-state index contributed by atoms with van der Waals surface area (Å²) in [6, 6.07) is 23.1. The fraction of sp³-hybridized carbons (Fsp3) is 0.310. The minimum Gasteiger partial charge on any atom is -0.450 e. The lowest BCUT2D eigenvalue weighted by Crippen LogP contribution is -2.50. The lowest BCUT2D eigenvalue weighted by Gasteiger charge is -2.34. The maximum Gasteiger partial charge on any atom is 0.409 e. The number of rotatable bonds is 7. The summed E-state index contributed by atoms with van der Waals surface area (Å²) >= 11 is 1.70. The van der Waals surface area contributed by atoms with Gasteiger partial charge in [0, 0.05) is 67.0 Å². The molecule has 2 aromatic heterocycles. The summed E-state index contributed by atoms with van der Waals surface area (Å²) in [7, 11) is 0. The van der Waals surface area contributed by atoms with Crippen LogP contribution in [0.25, 0.3) is 10.9 Å². The van der Waals surface area contributed by atoms with Gasteiger partial charge in [0.1, 0.15) is 0 Å². The molecular weight excluding hydrogens is 470 g/mol. The number of carbonyl (C=O) groups excluding carboxylic acids is 2. The second-order valence-corrected chi connectivity index (χ2v) is 10.0. The average molecular weight is 502 g/mol. The molecule has 6 nitrogen and oxygen atoms in total. The third-order valence-electron chi connectivity index (χ3n) is 6.81. The highest BCUT2D eigenvalue weighted by Gasteiger charge is 2.29. The summed E-state index contributed by atoms with van der Waals surface area (Å²) in [5.74, 6) is 0.0966. The van der Waals surface area contributed by atoms with Crippen LogP contribution in [0.4, 0.5) is 4.79 Å². The second kappa shape index (κ2) is 11.0. The van der Waals surface area contributed by atoms with Gasteiger partial charge in [-0.15, -0.1) is 11.3 Å². The van der Waals surface area contributed by atoms with Gasteiger partial charge in [-0.05, 0) is 35.6 Å². The fourth-order valence-corrected chi connectivity index (χ4v) is 5.82. The maximum absolute atomic E-state index is 13.5. The monoisotopic (exact) mass is 501 g/mol. The van der Waals surface area contributed by atoms with Crippen molar-refractivity contribution in [1.82, 2.24) is 14.4 Å². The Hall–Kier alpha value is -3.58. The molecule has 36 heavy (non-hydrogen) atoms. The molecule has 186 valence electrons. The van der Waals surface area contributed by atoms with Crippen molar-refractivity contribution in [1.29, 1.82) is 0 Å². The molecule has 0 N–H and O–H groups in total. The molecule has 7 heteroatoms. The van der Waals surface area contributed by atoms with E-state index in [0.717, 1.165) is 6.54 Å². The molecule has 0 bridgehead atoms. The standard InChI is InChI=1S/C29H31N3O3S/c1-2-35-29(34)31-16-14-30(15-17-31)28(33)19-24(27-13-8-18-36-27)25-21-32(20-22-9-4-3-5-10-22)26-12-7-6-11-23(25)26/h3-13,18,21,24H,2,14-17,19-20H2,1H3. The molecule has 1 aliphatic rings. The Balaban J connectivity index is 1.40. The van der Waals surface area contributed by atoms with Crippen molar-refractivity contribution in [3.63, 3.8) is 0 Å². The zero-order valence-corrected chi connectivity index (χ0v) is 21.3. The molecule has 1 fully saturated rings. The van der Waals surface area contributed by atoms with E-state index in [2.05, 4.69) is 76.8 Å². The van der Waals surface area contributed by atoms with E-state index in [9.17, 15) is 9.59 Å². The van der Waals surface area contributed by atoms with E-state index < -0.39 is 0 Å². The SMILES string of the molecule is CCOC(=O)N1CCN(C(=O)CC(c2cccs2)c2cn(Cc3ccccc3)c3ccccc23)CC1. The van der Waals surface area contributed by atoms with Crippen LogP contribution in [0.15, 0.2) is 78.3 Å². The Bertz CT molecular complexity index is 1310. The van der Waals surface area contributed by atoms with Crippen molar-refractivity contribution in [2.45, 2.75) is 25.8 Å². The van der Waals surface area contributed by atoms with Crippen molar-refractivity contribution in [3.05, 3.63) is 94.3 Å². The number of thiophene rings is 1. The first-order chi connectivity index (χ1) is 17.6. The molecule has 1 saturated heterocycles. The first-order valence-electron chi connectivity index (χ1n) is 12.5. The lowest BCUT2D eigenvalue weighted by molar-refractivity contribution is -0.133. The summed E-state index contributed by atoms with van der Waals surface area (Å²) in [4.78, 5) is 30.3. The van der Waals surface area contributed by atoms with Gasteiger partial charge in [-0.25, -0.2) is 4.79 Å². The number of fused-ring (bicyclic) bond motifs is 1. The molecule has 3 heterocycles. The highest BCUT2D eigenvalue weighted by Crippen LogP contribution is 2.37. The van der Waals surface area contributed by atoms with Gasteiger partial charge in [0.15, 0.2) is 0 Å². The van der Waals surface area contributed by atoms with Crippen molar-refractivity contribution in [2.24, 2.45) is 0 Å². The van der Waals surface area contributed by atoms with Crippen LogP contribution in [0.1, 0.15) is 35.3 Å². The summed E-state index contributed by atoms with van der Waals surface area (Å²) in [5, 5.41) is 3.26.